The number of rotatable bonds is 0. The molecule has 3 saturated carbocycles. The molecule has 0 spiro atoms. The van der Waals surface area contributed by atoms with Gasteiger partial charge in [-0.2, -0.15) is 37.9 Å². The zero-order valence-electron chi connectivity index (χ0n) is 12.8. The first kappa shape index (κ1) is 26.7. The molecule has 0 unspecified atom stereocenters. The van der Waals surface area contributed by atoms with E-state index in [1.165, 1.54) is 77.0 Å². The van der Waals surface area contributed by atoms with Crippen LogP contribution in [0.3, 0.4) is 0 Å². The van der Waals surface area contributed by atoms with E-state index in [1.54, 1.807) is 0 Å². The van der Waals surface area contributed by atoms with Crippen LogP contribution >= 0.6 is 37.9 Å². The number of hydrogen-bond donors (Lipinski definition) is 3. The van der Waals surface area contributed by atoms with Crippen molar-refractivity contribution in [3.05, 3.63) is 0 Å². The van der Waals surface area contributed by atoms with Crippen LogP contribution < -0.4 is 0 Å². The van der Waals surface area contributed by atoms with Gasteiger partial charge in [0.25, 0.3) is 0 Å². The molecule has 132 valence electrons. The summed E-state index contributed by atoms with van der Waals surface area (Å²) >= 11 is 12.9. The third-order valence-electron chi connectivity index (χ3n) is 3.97. The van der Waals surface area contributed by atoms with Gasteiger partial charge in [-0.25, -0.2) is 0 Å². The molecule has 21 heavy (non-hydrogen) atoms. The van der Waals surface area contributed by atoms with Crippen molar-refractivity contribution in [1.29, 1.82) is 0 Å². The fourth-order valence-corrected chi connectivity index (χ4v) is 3.81. The van der Waals surface area contributed by atoms with Gasteiger partial charge in [-0.3, -0.25) is 14.1 Å². The van der Waals surface area contributed by atoms with Crippen molar-refractivity contribution in [2.75, 3.05) is 0 Å². The largest absolute Gasteiger partial charge is 0.269 e. The van der Waals surface area contributed by atoms with Crippen LogP contribution in [0.4, 0.5) is 14.1 Å². The van der Waals surface area contributed by atoms with E-state index in [0.29, 0.717) is 0 Å². The Morgan fingerprint density at radius 3 is 0.571 bits per heavy atom. The molecule has 6 heteroatoms. The fraction of sp³-hybridized carbons (Fsp3) is 1.00. The van der Waals surface area contributed by atoms with Crippen LogP contribution in [0.1, 0.15) is 77.0 Å². The van der Waals surface area contributed by atoms with Crippen molar-refractivity contribution in [2.24, 2.45) is 0 Å². The van der Waals surface area contributed by atoms with Gasteiger partial charge >= 0.3 is 0 Å². The minimum Gasteiger partial charge on any atom is -0.269 e. The summed E-state index contributed by atoms with van der Waals surface area (Å²) in [5.74, 6) is 0. The van der Waals surface area contributed by atoms with Crippen LogP contribution in [0, 0.1) is 0 Å². The summed E-state index contributed by atoms with van der Waals surface area (Å²) in [4.78, 5) is 0. The second-order valence-corrected chi connectivity index (χ2v) is 8.01. The molecule has 0 bridgehead atoms. The Balaban J connectivity index is -0.000000216. The highest BCUT2D eigenvalue weighted by molar-refractivity contribution is 7.81. The van der Waals surface area contributed by atoms with Gasteiger partial charge in [0.2, 0.25) is 0 Å². The van der Waals surface area contributed by atoms with E-state index in [9.17, 15) is 0 Å². The summed E-state index contributed by atoms with van der Waals surface area (Å²) in [6, 6.07) is 0. The molecule has 3 aliphatic rings. The normalized spacial score (nSPS) is 21.9. The first-order chi connectivity index (χ1) is 8.68. The Morgan fingerprint density at radius 1 is 0.381 bits per heavy atom. The lowest BCUT2D eigenvalue weighted by atomic mass is 10.4. The topological polar surface area (TPSA) is 0 Å². The standard InChI is InChI=1S/3C5H10S.3FH/c3*6-5-3-1-2-4-5;;;/h3*5-6H,1-4H2;3*1H. The molecule has 0 aliphatic heterocycles. The monoisotopic (exact) mass is 366 g/mol. The van der Waals surface area contributed by atoms with Gasteiger partial charge in [0.1, 0.15) is 0 Å². The SMILES string of the molecule is F.F.F.SC1CCCC1.SC1CCCC1.SC1CCCC1. The second-order valence-electron chi connectivity index (χ2n) is 5.81. The quantitative estimate of drug-likeness (QED) is 0.428. The maximum Gasteiger partial charge on any atom is 0.00168 e. The molecule has 0 N–H and O–H groups in total. The fourth-order valence-electron chi connectivity index (χ4n) is 2.71. The van der Waals surface area contributed by atoms with E-state index < -0.39 is 0 Å². The maximum atomic E-state index is 4.29. The van der Waals surface area contributed by atoms with Gasteiger partial charge in [0, 0.05) is 15.7 Å². The number of hydrogen-bond acceptors (Lipinski definition) is 3. The summed E-state index contributed by atoms with van der Waals surface area (Å²) in [5.41, 5.74) is 0. The van der Waals surface area contributed by atoms with Gasteiger partial charge in [0.15, 0.2) is 0 Å². The molecule has 0 saturated heterocycles. The third-order valence-corrected chi connectivity index (χ3v) is 5.52. The molecule has 3 aliphatic carbocycles. The molecule has 0 heterocycles. The minimum absolute atomic E-state index is 0. The van der Waals surface area contributed by atoms with Gasteiger partial charge in [-0.05, 0) is 38.5 Å². The molecule has 0 aromatic rings. The van der Waals surface area contributed by atoms with Crippen LogP contribution in [0.5, 0.6) is 0 Å². The van der Waals surface area contributed by atoms with E-state index in [1.807, 2.05) is 0 Å². The van der Waals surface area contributed by atoms with Crippen molar-refractivity contribution in [2.45, 2.75) is 92.8 Å². The highest BCUT2D eigenvalue weighted by Crippen LogP contribution is 2.22. The predicted molar refractivity (Wildman–Crippen MR) is 101 cm³/mol. The van der Waals surface area contributed by atoms with Crippen molar-refractivity contribution < 1.29 is 14.1 Å². The summed E-state index contributed by atoms with van der Waals surface area (Å²) < 4.78 is 0. The van der Waals surface area contributed by atoms with E-state index in [0.717, 1.165) is 15.7 Å². The Morgan fingerprint density at radius 2 is 0.524 bits per heavy atom. The van der Waals surface area contributed by atoms with E-state index in [2.05, 4.69) is 37.9 Å². The lowest BCUT2D eigenvalue weighted by molar-refractivity contribution is 0.886. The Hall–Kier alpha value is 0.840. The molecule has 3 rings (SSSR count). The van der Waals surface area contributed by atoms with Crippen LogP contribution in [0.2, 0.25) is 0 Å². The molecule has 0 aromatic heterocycles. The third kappa shape index (κ3) is 15.5. The van der Waals surface area contributed by atoms with E-state index in [-0.39, 0.29) is 14.1 Å². The molecule has 0 aromatic carbocycles. The van der Waals surface area contributed by atoms with Crippen LogP contribution in [0.15, 0.2) is 0 Å². The number of thiol groups is 3. The minimum atomic E-state index is 0. The molecule has 0 atom stereocenters. The van der Waals surface area contributed by atoms with Crippen molar-refractivity contribution in [1.82, 2.24) is 0 Å². The van der Waals surface area contributed by atoms with Crippen LogP contribution in [-0.2, 0) is 0 Å². The lowest BCUT2D eigenvalue weighted by Gasteiger charge is -1.90. The molecule has 0 amide bonds. The first-order valence-corrected chi connectivity index (χ1v) is 9.27. The average molecular weight is 367 g/mol. The van der Waals surface area contributed by atoms with Gasteiger partial charge in [-0.15, -0.1) is 0 Å². The maximum absolute atomic E-state index is 4.29. The van der Waals surface area contributed by atoms with E-state index in [4.69, 9.17) is 0 Å². The van der Waals surface area contributed by atoms with Gasteiger partial charge in [0.05, 0.1) is 0 Å². The van der Waals surface area contributed by atoms with Crippen LogP contribution in [-0.4, -0.2) is 15.7 Å². The lowest BCUT2D eigenvalue weighted by Crippen LogP contribution is -1.83. The second kappa shape index (κ2) is 17.2. The highest BCUT2D eigenvalue weighted by atomic mass is 32.1. The Labute approximate surface area is 144 Å². The molecule has 0 nitrogen and oxygen atoms in total. The Bertz CT molecular complexity index is 157. The smallest absolute Gasteiger partial charge is 0.00168 e. The molecule has 3 fully saturated rings. The number of halogens is 3. The first-order valence-electron chi connectivity index (χ1n) is 7.72. The van der Waals surface area contributed by atoms with Crippen LogP contribution in [0.25, 0.3) is 0 Å². The zero-order chi connectivity index (χ0) is 13.2. The predicted octanol–water partition coefficient (Wildman–Crippen LogP) is 6.03. The summed E-state index contributed by atoms with van der Waals surface area (Å²) in [6.07, 6.45) is 16.6. The molecular weight excluding hydrogens is 333 g/mol. The highest BCUT2D eigenvalue weighted by Gasteiger charge is 2.09. The van der Waals surface area contributed by atoms with Crippen molar-refractivity contribution in [3.63, 3.8) is 0 Å². The summed E-state index contributed by atoms with van der Waals surface area (Å²) in [5, 5.41) is 2.22. The Kier molecular flexibility index (Phi) is 21.9. The van der Waals surface area contributed by atoms with Crippen molar-refractivity contribution in [3.8, 4) is 0 Å². The van der Waals surface area contributed by atoms with E-state index >= 15 is 0 Å². The average Bonchev–Trinajstić information content (AvgIpc) is 3.05. The zero-order valence-corrected chi connectivity index (χ0v) is 15.5. The summed E-state index contributed by atoms with van der Waals surface area (Å²) in [7, 11) is 0. The summed E-state index contributed by atoms with van der Waals surface area (Å²) in [6.45, 7) is 0. The van der Waals surface area contributed by atoms with Crippen molar-refractivity contribution >= 4 is 37.9 Å². The van der Waals surface area contributed by atoms with Gasteiger partial charge in [-0.1, -0.05) is 38.5 Å². The molecule has 0 radical (unpaired) electrons. The molecular formula is C15H33F3S3. The van der Waals surface area contributed by atoms with Gasteiger partial charge < -0.3 is 0 Å².